The molecule has 8 nitrogen and oxygen atoms in total. The molecular formula is C17H15N3O5S. The Labute approximate surface area is 149 Å². The van der Waals surface area contributed by atoms with Gasteiger partial charge in [-0.05, 0) is 36.4 Å². The number of anilines is 1. The van der Waals surface area contributed by atoms with Crippen LogP contribution in [-0.2, 0) is 10.0 Å². The van der Waals surface area contributed by atoms with Gasteiger partial charge in [-0.25, -0.2) is 8.42 Å². The van der Waals surface area contributed by atoms with Crippen LogP contribution in [0.2, 0.25) is 0 Å². The number of nitrogens with one attached hydrogen (secondary N) is 1. The average molecular weight is 373 g/mol. The highest BCUT2D eigenvalue weighted by atomic mass is 32.2. The number of aromatic nitrogens is 1. The van der Waals surface area contributed by atoms with Crippen molar-refractivity contribution in [1.29, 1.82) is 0 Å². The molecule has 2 aromatic carbocycles. The summed E-state index contributed by atoms with van der Waals surface area (Å²) >= 11 is 0. The van der Waals surface area contributed by atoms with Crippen LogP contribution in [0, 0.1) is 10.1 Å². The Hall–Kier alpha value is -3.33. The molecule has 0 radical (unpaired) electrons. The molecular weight excluding hydrogens is 358 g/mol. The van der Waals surface area contributed by atoms with E-state index in [-0.39, 0.29) is 16.3 Å². The van der Waals surface area contributed by atoms with Crippen molar-refractivity contribution in [1.82, 2.24) is 4.57 Å². The van der Waals surface area contributed by atoms with E-state index in [0.717, 1.165) is 11.8 Å². The Balaban J connectivity index is 1.98. The number of ether oxygens (including phenoxy) is 1. The van der Waals surface area contributed by atoms with Crippen molar-refractivity contribution in [2.45, 2.75) is 4.90 Å². The lowest BCUT2D eigenvalue weighted by molar-refractivity contribution is -0.385. The summed E-state index contributed by atoms with van der Waals surface area (Å²) in [5, 5.41) is 11.0. The molecule has 3 aromatic rings. The van der Waals surface area contributed by atoms with Crippen LogP contribution in [0.25, 0.3) is 5.69 Å². The maximum atomic E-state index is 12.7. The van der Waals surface area contributed by atoms with E-state index in [9.17, 15) is 18.5 Å². The minimum absolute atomic E-state index is 0.0182. The second-order valence-corrected chi connectivity index (χ2v) is 6.99. The molecule has 134 valence electrons. The van der Waals surface area contributed by atoms with Gasteiger partial charge in [0.2, 0.25) is 0 Å². The third-order valence-corrected chi connectivity index (χ3v) is 5.05. The van der Waals surface area contributed by atoms with Crippen molar-refractivity contribution in [2.75, 3.05) is 11.8 Å². The molecule has 0 aliphatic heterocycles. The van der Waals surface area contributed by atoms with E-state index in [2.05, 4.69) is 4.72 Å². The fourth-order valence-corrected chi connectivity index (χ4v) is 3.68. The summed E-state index contributed by atoms with van der Waals surface area (Å²) in [6, 6.07) is 13.9. The van der Waals surface area contributed by atoms with Crippen LogP contribution < -0.4 is 9.46 Å². The van der Waals surface area contributed by atoms with Crippen molar-refractivity contribution in [3.63, 3.8) is 0 Å². The highest BCUT2D eigenvalue weighted by molar-refractivity contribution is 7.92. The van der Waals surface area contributed by atoms with Gasteiger partial charge in [-0.2, -0.15) is 0 Å². The van der Waals surface area contributed by atoms with Crippen molar-refractivity contribution in [3.8, 4) is 11.4 Å². The molecule has 0 aliphatic rings. The van der Waals surface area contributed by atoms with Gasteiger partial charge in [0.25, 0.3) is 15.7 Å². The molecule has 0 spiro atoms. The lowest BCUT2D eigenvalue weighted by atomic mass is 10.3. The minimum atomic E-state index is -4.09. The number of non-ortho nitro benzene ring substituents is 1. The first-order chi connectivity index (χ1) is 12.4. The molecule has 0 aliphatic carbocycles. The molecule has 1 N–H and O–H groups in total. The predicted molar refractivity (Wildman–Crippen MR) is 96.2 cm³/mol. The lowest BCUT2D eigenvalue weighted by Crippen LogP contribution is -2.14. The normalized spacial score (nSPS) is 11.1. The Morgan fingerprint density at radius 3 is 2.46 bits per heavy atom. The van der Waals surface area contributed by atoms with Gasteiger partial charge < -0.3 is 9.30 Å². The summed E-state index contributed by atoms with van der Waals surface area (Å²) in [7, 11) is -2.79. The zero-order valence-electron chi connectivity index (χ0n) is 13.7. The Bertz CT molecular complexity index is 1050. The van der Waals surface area contributed by atoms with Crippen molar-refractivity contribution in [3.05, 3.63) is 77.1 Å². The van der Waals surface area contributed by atoms with Crippen molar-refractivity contribution >= 4 is 21.4 Å². The van der Waals surface area contributed by atoms with E-state index < -0.39 is 14.9 Å². The van der Waals surface area contributed by atoms with Crippen LogP contribution in [0.1, 0.15) is 0 Å². The highest BCUT2D eigenvalue weighted by Gasteiger charge is 2.23. The second kappa shape index (κ2) is 6.89. The molecule has 0 saturated heterocycles. The molecule has 1 aromatic heterocycles. The number of rotatable bonds is 6. The first-order valence-corrected chi connectivity index (χ1v) is 8.98. The SMILES string of the molecule is COc1ccc([N+](=O)[O-])cc1S(=O)(=O)Nc1cccc(-n2cccc2)c1. The van der Waals surface area contributed by atoms with E-state index in [0.29, 0.717) is 5.69 Å². The van der Waals surface area contributed by atoms with Crippen LogP contribution >= 0.6 is 0 Å². The first-order valence-electron chi connectivity index (χ1n) is 7.49. The zero-order valence-corrected chi connectivity index (χ0v) is 14.5. The maximum absolute atomic E-state index is 12.7. The van der Waals surface area contributed by atoms with Crippen LogP contribution in [0.3, 0.4) is 0 Å². The van der Waals surface area contributed by atoms with E-state index in [1.807, 2.05) is 35.2 Å². The summed E-state index contributed by atoms with van der Waals surface area (Å²) in [6.07, 6.45) is 3.66. The van der Waals surface area contributed by atoms with E-state index >= 15 is 0 Å². The maximum Gasteiger partial charge on any atom is 0.271 e. The van der Waals surface area contributed by atoms with Gasteiger partial charge in [-0.1, -0.05) is 6.07 Å². The molecule has 0 bridgehead atoms. The largest absolute Gasteiger partial charge is 0.495 e. The number of hydrogen-bond donors (Lipinski definition) is 1. The van der Waals surface area contributed by atoms with Gasteiger partial charge in [0.15, 0.2) is 0 Å². The van der Waals surface area contributed by atoms with Crippen LogP contribution in [0.4, 0.5) is 11.4 Å². The van der Waals surface area contributed by atoms with Gasteiger partial charge in [-0.3, -0.25) is 14.8 Å². The summed E-state index contributed by atoms with van der Waals surface area (Å²) in [4.78, 5) is 9.99. The number of benzene rings is 2. The average Bonchev–Trinajstić information content (AvgIpc) is 3.15. The van der Waals surface area contributed by atoms with Crippen LogP contribution in [0.15, 0.2) is 71.9 Å². The van der Waals surface area contributed by atoms with Gasteiger partial charge in [0.05, 0.1) is 17.7 Å². The molecule has 0 fully saturated rings. The second-order valence-electron chi connectivity index (χ2n) is 5.34. The van der Waals surface area contributed by atoms with Crippen LogP contribution in [-0.4, -0.2) is 25.0 Å². The summed E-state index contributed by atoms with van der Waals surface area (Å²) in [6.45, 7) is 0. The van der Waals surface area contributed by atoms with E-state index in [1.54, 1.807) is 18.2 Å². The van der Waals surface area contributed by atoms with Crippen LogP contribution in [0.5, 0.6) is 5.75 Å². The predicted octanol–water partition coefficient (Wildman–Crippen LogP) is 3.19. The number of nitrogens with zero attached hydrogens (tertiary/aromatic N) is 2. The molecule has 0 unspecified atom stereocenters. The Morgan fingerprint density at radius 1 is 1.08 bits per heavy atom. The monoisotopic (exact) mass is 373 g/mol. The lowest BCUT2D eigenvalue weighted by Gasteiger charge is -2.12. The number of hydrogen-bond acceptors (Lipinski definition) is 5. The molecule has 0 saturated carbocycles. The van der Waals surface area contributed by atoms with Gasteiger partial charge in [0.1, 0.15) is 10.6 Å². The summed E-state index contributed by atoms with van der Waals surface area (Å²) in [5.74, 6) is 0.0182. The molecule has 9 heteroatoms. The third kappa shape index (κ3) is 3.52. The smallest absolute Gasteiger partial charge is 0.271 e. The fourth-order valence-electron chi connectivity index (χ4n) is 2.44. The highest BCUT2D eigenvalue weighted by Crippen LogP contribution is 2.30. The van der Waals surface area contributed by atoms with E-state index in [1.165, 1.54) is 19.2 Å². The molecule has 0 atom stereocenters. The molecule has 26 heavy (non-hydrogen) atoms. The minimum Gasteiger partial charge on any atom is -0.495 e. The zero-order chi connectivity index (χ0) is 18.7. The molecule has 0 amide bonds. The Kier molecular flexibility index (Phi) is 4.63. The van der Waals surface area contributed by atoms with Gasteiger partial charge in [-0.15, -0.1) is 0 Å². The first kappa shape index (κ1) is 17.5. The molecule has 3 rings (SSSR count). The number of nitro groups is 1. The molecule has 1 heterocycles. The van der Waals surface area contributed by atoms with Gasteiger partial charge in [0, 0.05) is 30.2 Å². The standard InChI is InChI=1S/C17H15N3O5S/c1-25-16-8-7-15(20(21)22)12-17(16)26(23,24)18-13-5-4-6-14(11-13)19-9-2-3-10-19/h2-12,18H,1H3. The third-order valence-electron chi connectivity index (χ3n) is 3.65. The number of sulfonamides is 1. The number of nitro benzene ring substituents is 1. The fraction of sp³-hybridized carbons (Fsp3) is 0.0588. The number of methoxy groups -OCH3 is 1. The van der Waals surface area contributed by atoms with Gasteiger partial charge >= 0.3 is 0 Å². The summed E-state index contributed by atoms with van der Waals surface area (Å²) in [5.41, 5.74) is 0.748. The topological polar surface area (TPSA) is 103 Å². The Morgan fingerprint density at radius 2 is 1.81 bits per heavy atom. The quantitative estimate of drug-likeness (QED) is 0.528. The van der Waals surface area contributed by atoms with Crippen molar-refractivity contribution < 1.29 is 18.1 Å². The van der Waals surface area contributed by atoms with Crippen molar-refractivity contribution in [2.24, 2.45) is 0 Å². The van der Waals surface area contributed by atoms with E-state index in [4.69, 9.17) is 4.74 Å². The summed E-state index contributed by atoms with van der Waals surface area (Å²) < 4.78 is 34.8.